The lowest BCUT2D eigenvalue weighted by Crippen LogP contribution is -2.14. The SMILES string of the molecule is CC(C)(O)C#CC#Cc1ccccc1N. The summed E-state index contributed by atoms with van der Waals surface area (Å²) in [5.74, 6) is 10.7. The minimum absolute atomic E-state index is 0.634. The number of aliphatic hydroxyl groups is 1. The molecule has 0 saturated heterocycles. The van der Waals surface area contributed by atoms with Gasteiger partial charge in [-0.25, -0.2) is 0 Å². The van der Waals surface area contributed by atoms with Crippen molar-refractivity contribution in [2.45, 2.75) is 19.4 Å². The maximum atomic E-state index is 9.30. The van der Waals surface area contributed by atoms with Crippen LogP contribution in [0.25, 0.3) is 0 Å². The Bertz CT molecular complexity index is 461. The summed E-state index contributed by atoms with van der Waals surface area (Å²) in [5.41, 5.74) is 6.07. The molecule has 0 aromatic heterocycles. The zero-order valence-electron chi connectivity index (χ0n) is 8.83. The lowest BCUT2D eigenvalue weighted by molar-refractivity contribution is 0.143. The van der Waals surface area contributed by atoms with Crippen molar-refractivity contribution in [3.05, 3.63) is 29.8 Å². The number of rotatable bonds is 0. The molecule has 1 aromatic carbocycles. The van der Waals surface area contributed by atoms with Crippen LogP contribution in [0.3, 0.4) is 0 Å². The predicted molar refractivity (Wildman–Crippen MR) is 61.8 cm³/mol. The van der Waals surface area contributed by atoms with E-state index in [4.69, 9.17) is 5.73 Å². The molecule has 76 valence electrons. The van der Waals surface area contributed by atoms with Crippen LogP contribution in [-0.4, -0.2) is 10.7 Å². The van der Waals surface area contributed by atoms with E-state index >= 15 is 0 Å². The van der Waals surface area contributed by atoms with Crippen LogP contribution in [0.15, 0.2) is 24.3 Å². The van der Waals surface area contributed by atoms with Gasteiger partial charge in [0.05, 0.1) is 0 Å². The van der Waals surface area contributed by atoms with E-state index in [1.54, 1.807) is 19.9 Å². The summed E-state index contributed by atoms with van der Waals surface area (Å²) in [7, 11) is 0. The van der Waals surface area contributed by atoms with Crippen LogP contribution in [0.2, 0.25) is 0 Å². The molecule has 2 heteroatoms. The third-order valence-electron chi connectivity index (χ3n) is 1.59. The number of anilines is 1. The summed E-state index contributed by atoms with van der Waals surface area (Å²) < 4.78 is 0. The molecule has 0 aliphatic carbocycles. The first-order valence-corrected chi connectivity index (χ1v) is 4.59. The Morgan fingerprint density at radius 1 is 1.20 bits per heavy atom. The quantitative estimate of drug-likeness (QED) is 0.490. The van der Waals surface area contributed by atoms with E-state index in [-0.39, 0.29) is 0 Å². The summed E-state index contributed by atoms with van der Waals surface area (Å²) in [6.07, 6.45) is 0. The normalized spacial score (nSPS) is 9.53. The predicted octanol–water partition coefficient (Wildman–Crippen LogP) is 1.39. The minimum Gasteiger partial charge on any atom is -0.398 e. The monoisotopic (exact) mass is 199 g/mol. The standard InChI is InChI=1S/C13H13NO/c1-13(2,15)10-6-5-8-11-7-3-4-9-12(11)14/h3-4,7,9,15H,14H2,1-2H3. The van der Waals surface area contributed by atoms with Gasteiger partial charge >= 0.3 is 0 Å². The average Bonchev–Trinajstić information content (AvgIpc) is 2.13. The van der Waals surface area contributed by atoms with Crippen molar-refractivity contribution < 1.29 is 5.11 Å². The zero-order chi connectivity index (χ0) is 11.3. The highest BCUT2D eigenvalue weighted by atomic mass is 16.3. The summed E-state index contributed by atoms with van der Waals surface area (Å²) in [5, 5.41) is 9.30. The summed E-state index contributed by atoms with van der Waals surface area (Å²) in [4.78, 5) is 0. The third kappa shape index (κ3) is 4.22. The first-order chi connectivity index (χ1) is 6.99. The summed E-state index contributed by atoms with van der Waals surface area (Å²) >= 11 is 0. The van der Waals surface area contributed by atoms with Crippen molar-refractivity contribution in [1.82, 2.24) is 0 Å². The molecule has 0 fully saturated rings. The number of nitrogen functional groups attached to an aromatic ring is 1. The molecule has 0 bridgehead atoms. The Morgan fingerprint density at radius 2 is 1.87 bits per heavy atom. The fraction of sp³-hybridized carbons (Fsp3) is 0.231. The second-order valence-corrected chi connectivity index (χ2v) is 3.65. The molecule has 0 aliphatic rings. The van der Waals surface area contributed by atoms with Crippen molar-refractivity contribution in [2.24, 2.45) is 0 Å². The highest BCUT2D eigenvalue weighted by Gasteiger charge is 2.04. The van der Waals surface area contributed by atoms with E-state index in [1.165, 1.54) is 0 Å². The van der Waals surface area contributed by atoms with Crippen molar-refractivity contribution in [2.75, 3.05) is 5.73 Å². The molecule has 0 heterocycles. The molecule has 1 rings (SSSR count). The average molecular weight is 199 g/mol. The number of hydrogen-bond donors (Lipinski definition) is 2. The van der Waals surface area contributed by atoms with Gasteiger partial charge in [0, 0.05) is 11.3 Å². The topological polar surface area (TPSA) is 46.2 Å². The molecule has 0 saturated carbocycles. The van der Waals surface area contributed by atoms with Gasteiger partial charge in [-0.3, -0.25) is 0 Å². The van der Waals surface area contributed by atoms with Crippen LogP contribution >= 0.6 is 0 Å². The van der Waals surface area contributed by atoms with Gasteiger partial charge in [0.15, 0.2) is 0 Å². The van der Waals surface area contributed by atoms with Gasteiger partial charge in [-0.15, -0.1) is 0 Å². The van der Waals surface area contributed by atoms with E-state index < -0.39 is 5.60 Å². The van der Waals surface area contributed by atoms with E-state index in [1.807, 2.05) is 18.2 Å². The fourth-order valence-corrected chi connectivity index (χ4v) is 0.894. The number of benzene rings is 1. The van der Waals surface area contributed by atoms with E-state index in [0.29, 0.717) is 5.69 Å². The third-order valence-corrected chi connectivity index (χ3v) is 1.59. The van der Waals surface area contributed by atoms with Crippen LogP contribution in [0.1, 0.15) is 19.4 Å². The van der Waals surface area contributed by atoms with Crippen LogP contribution in [0.4, 0.5) is 5.69 Å². The van der Waals surface area contributed by atoms with Gasteiger partial charge in [0.2, 0.25) is 0 Å². The molecule has 0 unspecified atom stereocenters. The maximum absolute atomic E-state index is 9.30. The highest BCUT2D eigenvalue weighted by molar-refractivity contribution is 5.56. The van der Waals surface area contributed by atoms with Crippen LogP contribution < -0.4 is 5.73 Å². The molecule has 0 amide bonds. The molecule has 0 aliphatic heterocycles. The first kappa shape index (κ1) is 11.2. The molecule has 0 spiro atoms. The largest absolute Gasteiger partial charge is 0.398 e. The number of hydrogen-bond acceptors (Lipinski definition) is 2. The van der Waals surface area contributed by atoms with Gasteiger partial charge in [0.25, 0.3) is 0 Å². The fourth-order valence-electron chi connectivity index (χ4n) is 0.894. The van der Waals surface area contributed by atoms with E-state index in [2.05, 4.69) is 23.7 Å². The van der Waals surface area contributed by atoms with Crippen LogP contribution in [0.5, 0.6) is 0 Å². The molecule has 2 nitrogen and oxygen atoms in total. The van der Waals surface area contributed by atoms with Crippen molar-refractivity contribution in [1.29, 1.82) is 0 Å². The van der Waals surface area contributed by atoms with Gasteiger partial charge in [-0.2, -0.15) is 0 Å². The molecule has 3 N–H and O–H groups in total. The molecular weight excluding hydrogens is 186 g/mol. The Kier molecular flexibility index (Phi) is 3.39. The molecule has 15 heavy (non-hydrogen) atoms. The molecule has 0 atom stereocenters. The summed E-state index contributed by atoms with van der Waals surface area (Å²) in [6.45, 7) is 3.22. The van der Waals surface area contributed by atoms with E-state index in [9.17, 15) is 5.11 Å². The highest BCUT2D eigenvalue weighted by Crippen LogP contribution is 2.07. The lowest BCUT2D eigenvalue weighted by atomic mass is 10.1. The van der Waals surface area contributed by atoms with Crippen LogP contribution in [-0.2, 0) is 0 Å². The second kappa shape index (κ2) is 4.55. The maximum Gasteiger partial charge on any atom is 0.120 e. The van der Waals surface area contributed by atoms with E-state index in [0.717, 1.165) is 5.56 Å². The Labute approximate surface area is 90.1 Å². The van der Waals surface area contributed by atoms with Crippen molar-refractivity contribution in [3.63, 3.8) is 0 Å². The van der Waals surface area contributed by atoms with Gasteiger partial charge in [-0.1, -0.05) is 24.0 Å². The Balaban J connectivity index is 2.83. The minimum atomic E-state index is -1.00. The molecule has 0 radical (unpaired) electrons. The Morgan fingerprint density at radius 3 is 2.47 bits per heavy atom. The van der Waals surface area contributed by atoms with Crippen molar-refractivity contribution in [3.8, 4) is 23.7 Å². The molecular formula is C13H13NO. The number of nitrogens with two attached hydrogens (primary N) is 1. The Hall–Kier alpha value is -1.90. The first-order valence-electron chi connectivity index (χ1n) is 4.59. The lowest BCUT2D eigenvalue weighted by Gasteiger charge is -2.04. The van der Waals surface area contributed by atoms with Crippen LogP contribution in [0, 0.1) is 23.7 Å². The van der Waals surface area contributed by atoms with Crippen molar-refractivity contribution >= 4 is 5.69 Å². The summed E-state index contributed by atoms with van der Waals surface area (Å²) in [6, 6.07) is 7.33. The smallest absolute Gasteiger partial charge is 0.120 e. The van der Waals surface area contributed by atoms with Gasteiger partial charge in [-0.05, 0) is 37.8 Å². The second-order valence-electron chi connectivity index (χ2n) is 3.65. The number of para-hydroxylation sites is 1. The van der Waals surface area contributed by atoms with Gasteiger partial charge in [0.1, 0.15) is 5.60 Å². The molecule has 1 aromatic rings. The zero-order valence-corrected chi connectivity index (χ0v) is 8.83. The van der Waals surface area contributed by atoms with Gasteiger partial charge < -0.3 is 10.8 Å².